The number of rotatable bonds is 2. The van der Waals surface area contributed by atoms with Gasteiger partial charge in [-0.05, 0) is 31.0 Å². The van der Waals surface area contributed by atoms with E-state index in [1.807, 2.05) is 4.90 Å². The second-order valence-electron chi connectivity index (χ2n) is 5.22. The lowest BCUT2D eigenvalue weighted by molar-refractivity contribution is -0.122. The Morgan fingerprint density at radius 2 is 2.25 bits per heavy atom. The fraction of sp³-hybridized carbons (Fsp3) is 0.429. The molecule has 2 atom stereocenters. The fourth-order valence-corrected chi connectivity index (χ4v) is 3.34. The van der Waals surface area contributed by atoms with Gasteiger partial charge in [0.25, 0.3) is 0 Å². The topological polar surface area (TPSA) is 69.6 Å². The molecule has 0 aromatic heterocycles. The predicted molar refractivity (Wildman–Crippen MR) is 75.3 cm³/mol. The van der Waals surface area contributed by atoms with Crippen molar-refractivity contribution in [3.05, 3.63) is 28.8 Å². The molecule has 5 nitrogen and oxygen atoms in total. The summed E-state index contributed by atoms with van der Waals surface area (Å²) in [5.41, 5.74) is 0.839. The molecule has 1 amide bonds. The van der Waals surface area contributed by atoms with Crippen molar-refractivity contribution in [1.29, 1.82) is 0 Å². The van der Waals surface area contributed by atoms with Gasteiger partial charge in [-0.2, -0.15) is 0 Å². The van der Waals surface area contributed by atoms with E-state index in [2.05, 4.69) is 5.32 Å². The third-order valence-electron chi connectivity index (χ3n) is 4.10. The van der Waals surface area contributed by atoms with Crippen LogP contribution in [0.4, 0.5) is 5.69 Å². The van der Waals surface area contributed by atoms with Crippen LogP contribution >= 0.6 is 11.6 Å². The standard InChI is InChI=1S/C14H15ClN2O3/c15-8-3-4-10(14(19)20)11(6-8)17-5-1-2-9-12(17)7-16-13(9)18/h3-4,6,9,12H,1-2,5,7H2,(H,16,18)(H,19,20). The van der Waals surface area contributed by atoms with Crippen LogP contribution in [0.1, 0.15) is 23.2 Å². The van der Waals surface area contributed by atoms with Crippen molar-refractivity contribution in [2.45, 2.75) is 18.9 Å². The average Bonchev–Trinajstić information content (AvgIpc) is 2.80. The highest BCUT2D eigenvalue weighted by molar-refractivity contribution is 6.31. The van der Waals surface area contributed by atoms with Crippen molar-refractivity contribution in [2.24, 2.45) is 5.92 Å². The zero-order chi connectivity index (χ0) is 14.3. The molecule has 20 heavy (non-hydrogen) atoms. The monoisotopic (exact) mass is 294 g/mol. The first-order valence-electron chi connectivity index (χ1n) is 6.65. The van der Waals surface area contributed by atoms with E-state index >= 15 is 0 Å². The number of amides is 1. The van der Waals surface area contributed by atoms with E-state index in [4.69, 9.17) is 11.6 Å². The summed E-state index contributed by atoms with van der Waals surface area (Å²) < 4.78 is 0. The molecule has 2 saturated heterocycles. The summed E-state index contributed by atoms with van der Waals surface area (Å²) in [4.78, 5) is 25.2. The summed E-state index contributed by atoms with van der Waals surface area (Å²) >= 11 is 6.01. The summed E-state index contributed by atoms with van der Waals surface area (Å²) in [5.74, 6) is -0.959. The van der Waals surface area contributed by atoms with Gasteiger partial charge in [0, 0.05) is 18.1 Å². The maximum Gasteiger partial charge on any atom is 0.337 e. The molecule has 0 spiro atoms. The van der Waals surface area contributed by atoms with E-state index < -0.39 is 5.97 Å². The lowest BCUT2D eigenvalue weighted by Gasteiger charge is -2.38. The number of piperidine rings is 1. The van der Waals surface area contributed by atoms with Crippen LogP contribution < -0.4 is 10.2 Å². The Labute approximate surface area is 121 Å². The van der Waals surface area contributed by atoms with Gasteiger partial charge >= 0.3 is 5.97 Å². The molecule has 0 aliphatic carbocycles. The molecule has 0 bridgehead atoms. The van der Waals surface area contributed by atoms with Crippen LogP contribution in [0.2, 0.25) is 5.02 Å². The van der Waals surface area contributed by atoms with Gasteiger partial charge in [0.05, 0.1) is 23.2 Å². The summed E-state index contributed by atoms with van der Waals surface area (Å²) in [5, 5.41) is 12.7. The highest BCUT2D eigenvalue weighted by Crippen LogP contribution is 2.34. The minimum absolute atomic E-state index is 0.0211. The highest BCUT2D eigenvalue weighted by atomic mass is 35.5. The summed E-state index contributed by atoms with van der Waals surface area (Å²) in [6.45, 7) is 1.31. The number of carbonyl (C=O) groups excluding carboxylic acids is 1. The third-order valence-corrected chi connectivity index (χ3v) is 4.34. The van der Waals surface area contributed by atoms with Crippen molar-refractivity contribution in [2.75, 3.05) is 18.0 Å². The van der Waals surface area contributed by atoms with E-state index in [0.29, 0.717) is 17.3 Å². The van der Waals surface area contributed by atoms with Gasteiger partial charge in [0.2, 0.25) is 5.91 Å². The molecule has 106 valence electrons. The third kappa shape index (κ3) is 2.12. The van der Waals surface area contributed by atoms with Gasteiger partial charge in [-0.25, -0.2) is 4.79 Å². The van der Waals surface area contributed by atoms with Crippen molar-refractivity contribution < 1.29 is 14.7 Å². The zero-order valence-electron chi connectivity index (χ0n) is 10.8. The molecule has 2 aliphatic heterocycles. The predicted octanol–water partition coefficient (Wildman–Crippen LogP) is 1.75. The maximum atomic E-state index is 11.8. The van der Waals surface area contributed by atoms with Gasteiger partial charge in [-0.15, -0.1) is 0 Å². The van der Waals surface area contributed by atoms with Crippen LogP contribution in [0, 0.1) is 5.92 Å². The molecular formula is C14H15ClN2O3. The number of aromatic carboxylic acids is 1. The number of fused-ring (bicyclic) bond motifs is 1. The molecule has 3 rings (SSSR count). The number of halogens is 1. The number of hydrogen-bond donors (Lipinski definition) is 2. The first kappa shape index (κ1) is 13.2. The van der Waals surface area contributed by atoms with E-state index in [9.17, 15) is 14.7 Å². The Bertz CT molecular complexity index is 576. The summed E-state index contributed by atoms with van der Waals surface area (Å²) in [6, 6.07) is 4.80. The highest BCUT2D eigenvalue weighted by Gasteiger charge is 2.41. The molecule has 2 N–H and O–H groups in total. The van der Waals surface area contributed by atoms with Crippen molar-refractivity contribution in [3.63, 3.8) is 0 Å². The Morgan fingerprint density at radius 3 is 3.00 bits per heavy atom. The van der Waals surface area contributed by atoms with Crippen LogP contribution in [-0.2, 0) is 4.79 Å². The Kier molecular flexibility index (Phi) is 3.30. The largest absolute Gasteiger partial charge is 0.478 e. The van der Waals surface area contributed by atoms with Crippen molar-refractivity contribution in [1.82, 2.24) is 5.32 Å². The number of anilines is 1. The van der Waals surface area contributed by atoms with Gasteiger partial charge in [-0.1, -0.05) is 11.6 Å². The Morgan fingerprint density at radius 1 is 1.45 bits per heavy atom. The number of nitrogens with zero attached hydrogens (tertiary/aromatic N) is 1. The summed E-state index contributed by atoms with van der Waals surface area (Å²) in [6.07, 6.45) is 1.73. The minimum atomic E-state index is -0.976. The second-order valence-corrected chi connectivity index (χ2v) is 5.66. The minimum Gasteiger partial charge on any atom is -0.478 e. The van der Waals surface area contributed by atoms with Gasteiger partial charge in [0.15, 0.2) is 0 Å². The average molecular weight is 295 g/mol. The first-order valence-corrected chi connectivity index (χ1v) is 7.03. The van der Waals surface area contributed by atoms with Gasteiger partial charge in [0.1, 0.15) is 0 Å². The second kappa shape index (κ2) is 4.98. The molecule has 1 aromatic rings. The Hall–Kier alpha value is -1.75. The van der Waals surface area contributed by atoms with E-state index in [0.717, 1.165) is 19.4 Å². The zero-order valence-corrected chi connectivity index (χ0v) is 11.6. The molecule has 2 fully saturated rings. The number of carboxylic acid groups (broad SMARTS) is 1. The molecule has 2 heterocycles. The Balaban J connectivity index is 2.01. The van der Waals surface area contributed by atoms with Crippen LogP contribution in [0.5, 0.6) is 0 Å². The van der Waals surface area contributed by atoms with E-state index in [-0.39, 0.29) is 23.4 Å². The number of benzene rings is 1. The van der Waals surface area contributed by atoms with Gasteiger partial charge < -0.3 is 15.3 Å². The molecule has 0 saturated carbocycles. The molecular weight excluding hydrogens is 280 g/mol. The van der Waals surface area contributed by atoms with E-state index in [1.165, 1.54) is 6.07 Å². The molecule has 2 unspecified atom stereocenters. The lowest BCUT2D eigenvalue weighted by Crippen LogP contribution is -2.46. The van der Waals surface area contributed by atoms with Crippen LogP contribution in [-0.4, -0.2) is 36.1 Å². The van der Waals surface area contributed by atoms with Crippen LogP contribution in [0.3, 0.4) is 0 Å². The molecule has 2 aliphatic rings. The quantitative estimate of drug-likeness (QED) is 0.872. The molecule has 1 aromatic carbocycles. The lowest BCUT2D eigenvalue weighted by atomic mass is 9.90. The number of hydrogen-bond acceptors (Lipinski definition) is 3. The molecule has 6 heteroatoms. The number of carboxylic acids is 1. The molecule has 0 radical (unpaired) electrons. The maximum absolute atomic E-state index is 11.8. The normalized spacial score (nSPS) is 25.2. The van der Waals surface area contributed by atoms with E-state index in [1.54, 1.807) is 12.1 Å². The number of nitrogens with one attached hydrogen (secondary N) is 1. The number of carbonyl (C=O) groups is 2. The van der Waals surface area contributed by atoms with Crippen molar-refractivity contribution in [3.8, 4) is 0 Å². The van der Waals surface area contributed by atoms with Crippen LogP contribution in [0.25, 0.3) is 0 Å². The van der Waals surface area contributed by atoms with Crippen molar-refractivity contribution >= 4 is 29.2 Å². The van der Waals surface area contributed by atoms with Gasteiger partial charge in [-0.3, -0.25) is 4.79 Å². The smallest absolute Gasteiger partial charge is 0.337 e. The van der Waals surface area contributed by atoms with Crippen LogP contribution in [0.15, 0.2) is 18.2 Å². The first-order chi connectivity index (χ1) is 9.58. The SMILES string of the molecule is O=C(O)c1ccc(Cl)cc1N1CCCC2C(=O)NCC21. The summed E-state index contributed by atoms with van der Waals surface area (Å²) in [7, 11) is 0. The fourth-order valence-electron chi connectivity index (χ4n) is 3.17.